The molecule has 0 aromatic heterocycles. The van der Waals surface area contributed by atoms with Gasteiger partial charge in [0.2, 0.25) is 11.8 Å². The number of aryl methyl sites for hydroxylation is 1. The molecule has 1 atom stereocenters. The monoisotopic (exact) mass is 287 g/mol. The third-order valence-electron chi connectivity index (χ3n) is 4.43. The number of rotatable bonds is 3. The van der Waals surface area contributed by atoms with Gasteiger partial charge in [-0.15, -0.1) is 0 Å². The lowest BCUT2D eigenvalue weighted by molar-refractivity contribution is -0.139. The van der Waals surface area contributed by atoms with Gasteiger partial charge in [-0.05, 0) is 30.5 Å². The summed E-state index contributed by atoms with van der Waals surface area (Å²) >= 11 is 0. The zero-order chi connectivity index (χ0) is 14.8. The van der Waals surface area contributed by atoms with E-state index < -0.39 is 0 Å². The average Bonchev–Trinajstić information content (AvgIpc) is 2.86. The number of nitrogen functional groups attached to an aromatic ring is 1. The van der Waals surface area contributed by atoms with Crippen molar-refractivity contribution in [2.45, 2.75) is 31.7 Å². The average molecular weight is 287 g/mol. The molecule has 2 heterocycles. The Bertz CT molecular complexity index is 558. The van der Waals surface area contributed by atoms with Gasteiger partial charge >= 0.3 is 0 Å². The minimum absolute atomic E-state index is 0.177. The number of piperazine rings is 1. The molecule has 2 saturated heterocycles. The van der Waals surface area contributed by atoms with Gasteiger partial charge in [0, 0.05) is 44.2 Å². The van der Waals surface area contributed by atoms with Crippen LogP contribution >= 0.6 is 0 Å². The summed E-state index contributed by atoms with van der Waals surface area (Å²) < 4.78 is 0. The van der Waals surface area contributed by atoms with Crippen molar-refractivity contribution in [1.82, 2.24) is 9.80 Å². The number of carbonyl (C=O) groups excluding carboxylic acids is 2. The van der Waals surface area contributed by atoms with E-state index in [9.17, 15) is 9.59 Å². The molecule has 2 N–H and O–H groups in total. The quantitative estimate of drug-likeness (QED) is 0.845. The summed E-state index contributed by atoms with van der Waals surface area (Å²) in [5, 5.41) is 0. The maximum absolute atomic E-state index is 12.3. The molecule has 0 bridgehead atoms. The van der Waals surface area contributed by atoms with Crippen molar-refractivity contribution in [3.63, 3.8) is 0 Å². The number of nitrogens with two attached hydrogens (primary N) is 1. The Balaban J connectivity index is 1.53. The molecule has 1 aromatic rings. The normalized spacial score (nSPS) is 21.5. The Kier molecular flexibility index (Phi) is 3.82. The maximum Gasteiger partial charge on any atom is 0.223 e. The molecule has 2 amide bonds. The molecule has 0 saturated carbocycles. The largest absolute Gasteiger partial charge is 0.399 e. The lowest BCUT2D eigenvalue weighted by Gasteiger charge is -2.37. The molecule has 3 rings (SSSR count). The molecule has 2 aliphatic heterocycles. The molecule has 5 heteroatoms. The van der Waals surface area contributed by atoms with Crippen molar-refractivity contribution in [3.05, 3.63) is 29.8 Å². The summed E-state index contributed by atoms with van der Waals surface area (Å²) in [7, 11) is 0. The fraction of sp³-hybridized carbons (Fsp3) is 0.500. The van der Waals surface area contributed by atoms with E-state index >= 15 is 0 Å². The highest BCUT2D eigenvalue weighted by Crippen LogP contribution is 2.23. The van der Waals surface area contributed by atoms with Crippen LogP contribution in [0.1, 0.15) is 24.8 Å². The number of fused-ring (bicyclic) bond motifs is 1. The van der Waals surface area contributed by atoms with E-state index in [1.54, 1.807) is 0 Å². The van der Waals surface area contributed by atoms with E-state index in [4.69, 9.17) is 5.73 Å². The summed E-state index contributed by atoms with van der Waals surface area (Å²) in [5.41, 5.74) is 7.58. The van der Waals surface area contributed by atoms with Gasteiger partial charge < -0.3 is 15.5 Å². The molecule has 0 spiro atoms. The number of nitrogens with zero attached hydrogens (tertiary/aromatic N) is 2. The van der Waals surface area contributed by atoms with Gasteiger partial charge in [-0.2, -0.15) is 0 Å². The molecule has 1 unspecified atom stereocenters. The van der Waals surface area contributed by atoms with Crippen LogP contribution in [0.2, 0.25) is 0 Å². The maximum atomic E-state index is 12.3. The fourth-order valence-corrected chi connectivity index (χ4v) is 3.25. The van der Waals surface area contributed by atoms with Crippen LogP contribution in [-0.2, 0) is 16.0 Å². The number of carbonyl (C=O) groups is 2. The Morgan fingerprint density at radius 3 is 3.00 bits per heavy atom. The van der Waals surface area contributed by atoms with Crippen molar-refractivity contribution in [2.24, 2.45) is 0 Å². The van der Waals surface area contributed by atoms with Crippen LogP contribution in [0.5, 0.6) is 0 Å². The van der Waals surface area contributed by atoms with Gasteiger partial charge in [0.1, 0.15) is 0 Å². The Morgan fingerprint density at radius 2 is 2.19 bits per heavy atom. The molecule has 112 valence electrons. The zero-order valence-electron chi connectivity index (χ0n) is 12.1. The lowest BCUT2D eigenvalue weighted by Crippen LogP contribution is -2.53. The molecular weight excluding hydrogens is 266 g/mol. The van der Waals surface area contributed by atoms with E-state index in [0.29, 0.717) is 38.9 Å². The van der Waals surface area contributed by atoms with Crippen molar-refractivity contribution < 1.29 is 9.59 Å². The summed E-state index contributed by atoms with van der Waals surface area (Å²) in [5.74, 6) is 0.420. The van der Waals surface area contributed by atoms with Crippen LogP contribution in [-0.4, -0.2) is 47.3 Å². The first-order valence-electron chi connectivity index (χ1n) is 7.55. The summed E-state index contributed by atoms with van der Waals surface area (Å²) in [4.78, 5) is 27.8. The van der Waals surface area contributed by atoms with Crippen LogP contribution in [0.3, 0.4) is 0 Å². The summed E-state index contributed by atoms with van der Waals surface area (Å²) in [6.07, 6.45) is 2.74. The molecule has 2 fully saturated rings. The predicted molar refractivity (Wildman–Crippen MR) is 80.5 cm³/mol. The van der Waals surface area contributed by atoms with Gasteiger partial charge in [-0.25, -0.2) is 0 Å². The van der Waals surface area contributed by atoms with Crippen LogP contribution < -0.4 is 5.73 Å². The highest BCUT2D eigenvalue weighted by molar-refractivity contribution is 5.80. The summed E-state index contributed by atoms with van der Waals surface area (Å²) in [6.45, 7) is 2.05. The highest BCUT2D eigenvalue weighted by Gasteiger charge is 2.36. The topological polar surface area (TPSA) is 66.6 Å². The van der Waals surface area contributed by atoms with Crippen LogP contribution in [0.15, 0.2) is 24.3 Å². The smallest absolute Gasteiger partial charge is 0.223 e. The molecule has 2 aliphatic rings. The number of amides is 2. The van der Waals surface area contributed by atoms with Crippen molar-refractivity contribution >= 4 is 17.5 Å². The number of benzene rings is 1. The number of hydrogen-bond acceptors (Lipinski definition) is 3. The second-order valence-corrected chi connectivity index (χ2v) is 5.86. The molecule has 1 aromatic carbocycles. The van der Waals surface area contributed by atoms with Crippen molar-refractivity contribution in [1.29, 1.82) is 0 Å². The van der Waals surface area contributed by atoms with Crippen LogP contribution in [0, 0.1) is 0 Å². The minimum Gasteiger partial charge on any atom is -0.399 e. The van der Waals surface area contributed by atoms with Crippen LogP contribution in [0.25, 0.3) is 0 Å². The SMILES string of the molecule is Nc1cccc(CCC(=O)N2CCN3C(=O)CCC3C2)c1. The lowest BCUT2D eigenvalue weighted by atomic mass is 10.1. The van der Waals surface area contributed by atoms with E-state index in [2.05, 4.69) is 0 Å². The fourth-order valence-electron chi connectivity index (χ4n) is 3.25. The van der Waals surface area contributed by atoms with E-state index in [1.165, 1.54) is 0 Å². The van der Waals surface area contributed by atoms with Gasteiger partial charge in [-0.3, -0.25) is 9.59 Å². The van der Waals surface area contributed by atoms with Gasteiger partial charge in [0.05, 0.1) is 0 Å². The third-order valence-corrected chi connectivity index (χ3v) is 4.43. The Hall–Kier alpha value is -2.04. The van der Waals surface area contributed by atoms with E-state index in [1.807, 2.05) is 34.1 Å². The Morgan fingerprint density at radius 1 is 1.33 bits per heavy atom. The third kappa shape index (κ3) is 3.01. The number of anilines is 1. The zero-order valence-corrected chi connectivity index (χ0v) is 12.1. The van der Waals surface area contributed by atoms with E-state index in [0.717, 1.165) is 17.7 Å². The first-order chi connectivity index (χ1) is 10.1. The number of hydrogen-bond donors (Lipinski definition) is 1. The molecule has 0 aliphatic carbocycles. The summed E-state index contributed by atoms with van der Waals surface area (Å²) in [6, 6.07) is 7.92. The van der Waals surface area contributed by atoms with Crippen molar-refractivity contribution in [2.75, 3.05) is 25.4 Å². The van der Waals surface area contributed by atoms with E-state index in [-0.39, 0.29) is 17.9 Å². The van der Waals surface area contributed by atoms with Crippen LogP contribution in [0.4, 0.5) is 5.69 Å². The second-order valence-electron chi connectivity index (χ2n) is 5.86. The van der Waals surface area contributed by atoms with Gasteiger partial charge in [0.25, 0.3) is 0 Å². The van der Waals surface area contributed by atoms with Gasteiger partial charge in [0.15, 0.2) is 0 Å². The Labute approximate surface area is 124 Å². The van der Waals surface area contributed by atoms with Gasteiger partial charge in [-0.1, -0.05) is 12.1 Å². The highest BCUT2D eigenvalue weighted by atomic mass is 16.2. The van der Waals surface area contributed by atoms with Crippen molar-refractivity contribution in [3.8, 4) is 0 Å². The standard InChI is InChI=1S/C16H21N3O2/c17-13-3-1-2-12(10-13)4-6-15(20)18-8-9-19-14(11-18)5-7-16(19)21/h1-3,10,14H,4-9,11,17H2. The minimum atomic E-state index is 0.177. The first kappa shape index (κ1) is 13.9. The predicted octanol–water partition coefficient (Wildman–Crippen LogP) is 1.03. The molecule has 5 nitrogen and oxygen atoms in total. The molecule has 21 heavy (non-hydrogen) atoms. The first-order valence-corrected chi connectivity index (χ1v) is 7.55. The second kappa shape index (κ2) is 5.76. The molecule has 0 radical (unpaired) electrons. The molecular formula is C16H21N3O2.